The zero-order chi connectivity index (χ0) is 19.4. The quantitative estimate of drug-likeness (QED) is 0.465. The standard InChI is InChI=1S/C23H18N6/c1-28-19-9-8-15-5-2-3-6-16(15)22(19)26-21(28)11-10-20-25-23-17-7-4-13-24-18(17)12-14-29(23)27-20/h2-9,12-14H,10-11H2,1H3. The lowest BCUT2D eigenvalue weighted by Gasteiger charge is -2.01. The first-order chi connectivity index (χ1) is 14.3. The fourth-order valence-electron chi connectivity index (χ4n) is 4.06. The Hall–Kier alpha value is -3.80. The highest BCUT2D eigenvalue weighted by Gasteiger charge is 2.13. The normalized spacial score (nSPS) is 11.9. The number of aryl methyl sites for hydroxylation is 3. The van der Waals surface area contributed by atoms with E-state index < -0.39 is 0 Å². The fourth-order valence-corrected chi connectivity index (χ4v) is 4.06. The maximum atomic E-state index is 4.95. The number of fused-ring (bicyclic) bond motifs is 6. The van der Waals surface area contributed by atoms with Crippen LogP contribution in [0.15, 0.2) is 67.0 Å². The summed E-state index contributed by atoms with van der Waals surface area (Å²) in [5.74, 6) is 1.86. The van der Waals surface area contributed by atoms with Crippen molar-refractivity contribution in [1.82, 2.24) is 29.1 Å². The summed E-state index contributed by atoms with van der Waals surface area (Å²) in [6, 6.07) is 18.6. The summed E-state index contributed by atoms with van der Waals surface area (Å²) in [5, 5.41) is 8.08. The molecule has 0 aliphatic heterocycles. The summed E-state index contributed by atoms with van der Waals surface area (Å²) >= 11 is 0. The molecule has 0 N–H and O–H groups in total. The van der Waals surface area contributed by atoms with Crippen LogP contribution >= 0.6 is 0 Å². The van der Waals surface area contributed by atoms with Crippen molar-refractivity contribution in [3.63, 3.8) is 0 Å². The van der Waals surface area contributed by atoms with Gasteiger partial charge in [0.1, 0.15) is 5.82 Å². The lowest BCUT2D eigenvalue weighted by atomic mass is 10.1. The summed E-state index contributed by atoms with van der Waals surface area (Å²) < 4.78 is 4.01. The van der Waals surface area contributed by atoms with Crippen LogP contribution in [0.25, 0.3) is 38.4 Å². The molecule has 0 spiro atoms. The first-order valence-electron chi connectivity index (χ1n) is 9.70. The number of aromatic nitrogens is 6. The third kappa shape index (κ3) is 2.49. The summed E-state index contributed by atoms with van der Waals surface area (Å²) in [6.07, 6.45) is 5.24. The molecule has 6 heteroatoms. The Morgan fingerprint density at radius 1 is 0.862 bits per heavy atom. The molecule has 0 bridgehead atoms. The third-order valence-electron chi connectivity index (χ3n) is 5.57. The highest BCUT2D eigenvalue weighted by atomic mass is 15.3. The molecule has 0 fully saturated rings. The summed E-state index contributed by atoms with van der Waals surface area (Å²) in [6.45, 7) is 0. The van der Waals surface area contributed by atoms with Gasteiger partial charge in [0.15, 0.2) is 11.5 Å². The van der Waals surface area contributed by atoms with Gasteiger partial charge in [-0.3, -0.25) is 4.98 Å². The second-order valence-electron chi connectivity index (χ2n) is 7.29. The van der Waals surface area contributed by atoms with Crippen molar-refractivity contribution in [2.75, 3.05) is 0 Å². The smallest absolute Gasteiger partial charge is 0.164 e. The van der Waals surface area contributed by atoms with E-state index in [0.717, 1.165) is 52.1 Å². The van der Waals surface area contributed by atoms with Gasteiger partial charge in [-0.25, -0.2) is 14.5 Å². The van der Waals surface area contributed by atoms with Crippen LogP contribution in [0.5, 0.6) is 0 Å². The molecule has 29 heavy (non-hydrogen) atoms. The van der Waals surface area contributed by atoms with Gasteiger partial charge in [-0.05, 0) is 29.7 Å². The van der Waals surface area contributed by atoms with Gasteiger partial charge in [0.25, 0.3) is 0 Å². The van der Waals surface area contributed by atoms with Gasteiger partial charge in [-0.15, -0.1) is 0 Å². The van der Waals surface area contributed by atoms with Gasteiger partial charge in [0.2, 0.25) is 0 Å². The van der Waals surface area contributed by atoms with Crippen LogP contribution in [0, 0.1) is 0 Å². The maximum absolute atomic E-state index is 4.95. The Labute approximate surface area is 166 Å². The predicted molar refractivity (Wildman–Crippen MR) is 114 cm³/mol. The van der Waals surface area contributed by atoms with Crippen LogP contribution in [0.2, 0.25) is 0 Å². The molecular formula is C23H18N6. The second kappa shape index (κ2) is 6.10. The van der Waals surface area contributed by atoms with Crippen molar-refractivity contribution < 1.29 is 0 Å². The Bertz CT molecular complexity index is 1520. The minimum Gasteiger partial charge on any atom is -0.331 e. The highest BCUT2D eigenvalue weighted by Crippen LogP contribution is 2.25. The van der Waals surface area contributed by atoms with Crippen LogP contribution in [-0.2, 0) is 19.9 Å². The predicted octanol–water partition coefficient (Wildman–Crippen LogP) is 4.10. The minimum atomic E-state index is 0.735. The molecule has 0 aliphatic carbocycles. The van der Waals surface area contributed by atoms with Gasteiger partial charge < -0.3 is 4.57 Å². The van der Waals surface area contributed by atoms with Crippen molar-refractivity contribution in [2.45, 2.75) is 12.8 Å². The molecule has 0 saturated heterocycles. The Kier molecular flexibility index (Phi) is 3.41. The van der Waals surface area contributed by atoms with E-state index in [2.05, 4.69) is 58.1 Å². The molecule has 6 rings (SSSR count). The molecule has 4 aromatic heterocycles. The molecular weight excluding hydrogens is 360 g/mol. The van der Waals surface area contributed by atoms with Crippen molar-refractivity contribution in [1.29, 1.82) is 0 Å². The number of hydrogen-bond acceptors (Lipinski definition) is 4. The topological polar surface area (TPSA) is 60.9 Å². The van der Waals surface area contributed by atoms with Crippen LogP contribution in [0.3, 0.4) is 0 Å². The van der Waals surface area contributed by atoms with Crippen LogP contribution in [0.4, 0.5) is 0 Å². The average molecular weight is 378 g/mol. The molecule has 140 valence electrons. The highest BCUT2D eigenvalue weighted by molar-refractivity contribution is 6.04. The number of benzene rings is 2. The molecule has 0 atom stereocenters. The second-order valence-corrected chi connectivity index (χ2v) is 7.29. The molecule has 0 aliphatic rings. The van der Waals surface area contributed by atoms with Crippen molar-refractivity contribution in [3.05, 3.63) is 78.6 Å². The van der Waals surface area contributed by atoms with E-state index in [4.69, 9.17) is 9.97 Å². The van der Waals surface area contributed by atoms with Gasteiger partial charge in [-0.1, -0.05) is 30.3 Å². The zero-order valence-corrected chi connectivity index (χ0v) is 15.9. The van der Waals surface area contributed by atoms with E-state index in [-0.39, 0.29) is 0 Å². The third-order valence-corrected chi connectivity index (χ3v) is 5.57. The van der Waals surface area contributed by atoms with E-state index >= 15 is 0 Å². The SMILES string of the molecule is Cn1c(CCc2nc3c4cccnc4ccn3n2)nc2c3ccccc3ccc21. The van der Waals surface area contributed by atoms with Gasteiger partial charge in [0, 0.05) is 43.1 Å². The first kappa shape index (κ1) is 16.2. The average Bonchev–Trinajstić information content (AvgIpc) is 3.33. The van der Waals surface area contributed by atoms with Crippen LogP contribution < -0.4 is 0 Å². The number of pyridine rings is 2. The van der Waals surface area contributed by atoms with Crippen LogP contribution in [-0.4, -0.2) is 29.1 Å². The first-order valence-corrected chi connectivity index (χ1v) is 9.70. The van der Waals surface area contributed by atoms with E-state index in [1.165, 1.54) is 10.8 Å². The number of rotatable bonds is 3. The Balaban J connectivity index is 1.38. The molecule has 6 aromatic rings. The molecule has 6 nitrogen and oxygen atoms in total. The van der Waals surface area contributed by atoms with Crippen LogP contribution in [0.1, 0.15) is 11.6 Å². The Morgan fingerprint density at radius 3 is 2.72 bits per heavy atom. The monoisotopic (exact) mass is 378 g/mol. The Morgan fingerprint density at radius 2 is 1.76 bits per heavy atom. The van der Waals surface area contributed by atoms with Gasteiger partial charge in [0.05, 0.1) is 16.6 Å². The fraction of sp³-hybridized carbons (Fsp3) is 0.130. The number of imidazole rings is 1. The molecule has 0 saturated carbocycles. The van der Waals surface area contributed by atoms with Gasteiger partial charge >= 0.3 is 0 Å². The largest absolute Gasteiger partial charge is 0.331 e. The lowest BCUT2D eigenvalue weighted by Crippen LogP contribution is -2.01. The summed E-state index contributed by atoms with van der Waals surface area (Å²) in [7, 11) is 2.08. The van der Waals surface area contributed by atoms with E-state index in [1.807, 2.05) is 28.9 Å². The summed E-state index contributed by atoms with van der Waals surface area (Å²) in [5.41, 5.74) is 3.99. The maximum Gasteiger partial charge on any atom is 0.164 e. The van der Waals surface area contributed by atoms with Gasteiger partial charge in [-0.2, -0.15) is 5.10 Å². The van der Waals surface area contributed by atoms with Crippen molar-refractivity contribution in [2.24, 2.45) is 7.05 Å². The van der Waals surface area contributed by atoms with E-state index in [1.54, 1.807) is 6.20 Å². The zero-order valence-electron chi connectivity index (χ0n) is 15.9. The molecule has 0 radical (unpaired) electrons. The molecule has 4 heterocycles. The summed E-state index contributed by atoms with van der Waals surface area (Å²) in [4.78, 5) is 14.1. The number of nitrogens with zero attached hydrogens (tertiary/aromatic N) is 6. The van der Waals surface area contributed by atoms with Crippen molar-refractivity contribution >= 4 is 38.4 Å². The van der Waals surface area contributed by atoms with E-state index in [9.17, 15) is 0 Å². The minimum absolute atomic E-state index is 0.735. The molecule has 0 unspecified atom stereocenters. The van der Waals surface area contributed by atoms with E-state index in [0.29, 0.717) is 0 Å². The number of hydrogen-bond donors (Lipinski definition) is 0. The lowest BCUT2D eigenvalue weighted by molar-refractivity contribution is 0.756. The molecule has 0 amide bonds. The van der Waals surface area contributed by atoms with Crippen molar-refractivity contribution in [3.8, 4) is 0 Å². The molecule has 2 aromatic carbocycles.